The second-order valence-electron chi connectivity index (χ2n) is 5.31. The van der Waals surface area contributed by atoms with Gasteiger partial charge in [-0.05, 0) is 29.5 Å². The summed E-state index contributed by atoms with van der Waals surface area (Å²) >= 11 is 4.84. The topological polar surface area (TPSA) is 35.2 Å². The van der Waals surface area contributed by atoms with Gasteiger partial charge >= 0.3 is 0 Å². The molecule has 0 atom stereocenters. The second-order valence-corrected chi connectivity index (χ2v) is 5.84. The summed E-state index contributed by atoms with van der Waals surface area (Å²) in [7, 11) is 0. The van der Waals surface area contributed by atoms with E-state index in [-0.39, 0.29) is 5.41 Å². The number of aryl methyl sites for hydroxylation is 1. The predicted molar refractivity (Wildman–Crippen MR) is 76.8 cm³/mol. The number of ether oxygens (including phenoxy) is 1. The highest BCUT2D eigenvalue weighted by atomic mass is 32.1. The molecule has 2 nitrogen and oxygen atoms in total. The SMILES string of the molecule is Cc1ccc(C(C)(C)C)c(OCCC(N)=S)c1. The Labute approximate surface area is 109 Å². The molecule has 0 bridgehead atoms. The van der Waals surface area contributed by atoms with Crippen LogP contribution in [0.25, 0.3) is 0 Å². The molecule has 0 aliphatic rings. The van der Waals surface area contributed by atoms with Gasteiger partial charge in [-0.25, -0.2) is 0 Å². The normalized spacial score (nSPS) is 11.3. The smallest absolute Gasteiger partial charge is 0.123 e. The van der Waals surface area contributed by atoms with E-state index in [9.17, 15) is 0 Å². The molecule has 0 amide bonds. The first kappa shape index (κ1) is 14.0. The molecule has 17 heavy (non-hydrogen) atoms. The van der Waals surface area contributed by atoms with E-state index in [2.05, 4.69) is 45.9 Å². The van der Waals surface area contributed by atoms with Crippen LogP contribution in [0.4, 0.5) is 0 Å². The van der Waals surface area contributed by atoms with Crippen LogP contribution < -0.4 is 10.5 Å². The lowest BCUT2D eigenvalue weighted by Crippen LogP contribution is -2.16. The van der Waals surface area contributed by atoms with Gasteiger partial charge in [0, 0.05) is 6.42 Å². The highest BCUT2D eigenvalue weighted by Crippen LogP contribution is 2.32. The molecule has 0 aliphatic heterocycles. The molecule has 0 saturated heterocycles. The Hall–Kier alpha value is -1.09. The fourth-order valence-corrected chi connectivity index (χ4v) is 1.71. The van der Waals surface area contributed by atoms with Crippen LogP contribution in [-0.4, -0.2) is 11.6 Å². The molecule has 0 unspecified atom stereocenters. The molecule has 0 spiro atoms. The van der Waals surface area contributed by atoms with E-state index in [4.69, 9.17) is 22.7 Å². The maximum atomic E-state index is 5.79. The van der Waals surface area contributed by atoms with Crippen LogP contribution in [0.2, 0.25) is 0 Å². The van der Waals surface area contributed by atoms with E-state index in [0.29, 0.717) is 18.0 Å². The van der Waals surface area contributed by atoms with Gasteiger partial charge in [0.1, 0.15) is 5.75 Å². The van der Waals surface area contributed by atoms with Crippen LogP contribution in [0.5, 0.6) is 5.75 Å². The number of rotatable bonds is 4. The molecule has 2 N–H and O–H groups in total. The fraction of sp³-hybridized carbons (Fsp3) is 0.500. The van der Waals surface area contributed by atoms with Gasteiger partial charge in [-0.2, -0.15) is 0 Å². The Morgan fingerprint density at radius 2 is 2.00 bits per heavy atom. The van der Waals surface area contributed by atoms with Crippen molar-refractivity contribution in [3.63, 3.8) is 0 Å². The van der Waals surface area contributed by atoms with E-state index in [1.54, 1.807) is 0 Å². The summed E-state index contributed by atoms with van der Waals surface area (Å²) in [5.74, 6) is 0.939. The molecule has 1 aromatic carbocycles. The zero-order valence-electron chi connectivity index (χ0n) is 11.0. The summed E-state index contributed by atoms with van der Waals surface area (Å²) in [4.78, 5) is 0.495. The number of nitrogens with two attached hydrogens (primary N) is 1. The molecular weight excluding hydrogens is 230 g/mol. The van der Waals surface area contributed by atoms with Gasteiger partial charge in [0.15, 0.2) is 0 Å². The summed E-state index contributed by atoms with van der Waals surface area (Å²) in [6, 6.07) is 6.31. The Morgan fingerprint density at radius 3 is 2.53 bits per heavy atom. The summed E-state index contributed by atoms with van der Waals surface area (Å²) in [6.07, 6.45) is 0.618. The zero-order valence-corrected chi connectivity index (χ0v) is 11.9. The summed E-state index contributed by atoms with van der Waals surface area (Å²) in [5.41, 5.74) is 7.95. The first-order chi connectivity index (χ1) is 7.80. The molecular formula is C14H21NOS. The van der Waals surface area contributed by atoms with E-state index in [1.807, 2.05) is 0 Å². The third-order valence-electron chi connectivity index (χ3n) is 2.55. The van der Waals surface area contributed by atoms with E-state index in [0.717, 1.165) is 5.75 Å². The van der Waals surface area contributed by atoms with E-state index >= 15 is 0 Å². The molecule has 0 aromatic heterocycles. The molecule has 0 fully saturated rings. The first-order valence-electron chi connectivity index (χ1n) is 5.83. The summed E-state index contributed by atoms with van der Waals surface area (Å²) in [5, 5.41) is 0. The number of benzene rings is 1. The van der Waals surface area contributed by atoms with Gasteiger partial charge < -0.3 is 10.5 Å². The lowest BCUT2D eigenvalue weighted by Gasteiger charge is -2.23. The first-order valence-corrected chi connectivity index (χ1v) is 6.24. The van der Waals surface area contributed by atoms with Crippen molar-refractivity contribution in [1.29, 1.82) is 0 Å². The van der Waals surface area contributed by atoms with E-state index < -0.39 is 0 Å². The Balaban J connectivity index is 2.88. The van der Waals surface area contributed by atoms with Crippen molar-refractivity contribution in [1.82, 2.24) is 0 Å². The molecule has 0 aliphatic carbocycles. The highest BCUT2D eigenvalue weighted by Gasteiger charge is 2.18. The van der Waals surface area contributed by atoms with Crippen LogP contribution in [0.3, 0.4) is 0 Å². The van der Waals surface area contributed by atoms with Gasteiger partial charge in [-0.15, -0.1) is 0 Å². The maximum Gasteiger partial charge on any atom is 0.123 e. The number of hydrogen-bond acceptors (Lipinski definition) is 2. The number of hydrogen-bond donors (Lipinski definition) is 1. The zero-order chi connectivity index (χ0) is 13.1. The monoisotopic (exact) mass is 251 g/mol. The number of thiocarbonyl (C=S) groups is 1. The molecule has 94 valence electrons. The lowest BCUT2D eigenvalue weighted by molar-refractivity contribution is 0.319. The highest BCUT2D eigenvalue weighted by molar-refractivity contribution is 7.80. The van der Waals surface area contributed by atoms with Crippen molar-refractivity contribution in [2.24, 2.45) is 5.73 Å². The minimum absolute atomic E-state index is 0.0757. The van der Waals surface area contributed by atoms with Gasteiger partial charge in [-0.3, -0.25) is 0 Å². The van der Waals surface area contributed by atoms with Gasteiger partial charge in [0.05, 0.1) is 11.6 Å². The molecule has 0 saturated carbocycles. The van der Waals surface area contributed by atoms with Crippen LogP contribution >= 0.6 is 12.2 Å². The minimum Gasteiger partial charge on any atom is -0.493 e. The molecule has 0 radical (unpaired) electrons. The molecule has 1 rings (SSSR count). The van der Waals surface area contributed by atoms with Crippen molar-refractivity contribution in [2.75, 3.05) is 6.61 Å². The summed E-state index contributed by atoms with van der Waals surface area (Å²) < 4.78 is 5.79. The molecule has 1 aromatic rings. The van der Waals surface area contributed by atoms with Gasteiger partial charge in [0.25, 0.3) is 0 Å². The maximum absolute atomic E-state index is 5.79. The van der Waals surface area contributed by atoms with Crippen LogP contribution in [-0.2, 0) is 5.41 Å². The van der Waals surface area contributed by atoms with Crippen molar-refractivity contribution in [3.05, 3.63) is 29.3 Å². The molecule has 0 heterocycles. The third-order valence-corrected chi connectivity index (χ3v) is 2.76. The van der Waals surface area contributed by atoms with E-state index in [1.165, 1.54) is 11.1 Å². The van der Waals surface area contributed by atoms with Crippen LogP contribution in [0, 0.1) is 6.92 Å². The van der Waals surface area contributed by atoms with Crippen molar-refractivity contribution in [2.45, 2.75) is 39.5 Å². The van der Waals surface area contributed by atoms with Gasteiger partial charge in [-0.1, -0.05) is 45.1 Å². The quantitative estimate of drug-likeness (QED) is 0.834. The van der Waals surface area contributed by atoms with Crippen LogP contribution in [0.15, 0.2) is 18.2 Å². The van der Waals surface area contributed by atoms with Crippen molar-refractivity contribution < 1.29 is 4.74 Å². The standard InChI is InChI=1S/C14H21NOS/c1-10-5-6-11(14(2,3)4)12(9-10)16-8-7-13(15)17/h5-6,9H,7-8H2,1-4H3,(H2,15,17). The Kier molecular flexibility index (Phi) is 4.52. The van der Waals surface area contributed by atoms with Gasteiger partial charge in [0.2, 0.25) is 0 Å². The Bertz CT molecular complexity index is 407. The summed E-state index contributed by atoms with van der Waals surface area (Å²) in [6.45, 7) is 9.14. The van der Waals surface area contributed by atoms with Crippen molar-refractivity contribution in [3.8, 4) is 5.75 Å². The largest absolute Gasteiger partial charge is 0.493 e. The average molecular weight is 251 g/mol. The average Bonchev–Trinajstić information content (AvgIpc) is 2.15. The third kappa shape index (κ3) is 4.35. The predicted octanol–water partition coefficient (Wildman–Crippen LogP) is 3.35. The Morgan fingerprint density at radius 1 is 1.35 bits per heavy atom. The van der Waals surface area contributed by atoms with Crippen molar-refractivity contribution >= 4 is 17.2 Å². The lowest BCUT2D eigenvalue weighted by atomic mass is 9.86. The fourth-order valence-electron chi connectivity index (χ4n) is 1.63. The minimum atomic E-state index is 0.0757. The second kappa shape index (κ2) is 5.50. The van der Waals surface area contributed by atoms with Crippen LogP contribution in [0.1, 0.15) is 38.3 Å². The molecule has 3 heteroatoms.